The third-order valence-electron chi connectivity index (χ3n) is 5.39. The van der Waals surface area contributed by atoms with Gasteiger partial charge >= 0.3 is 0 Å². The topological polar surface area (TPSA) is 52.6 Å². The van der Waals surface area contributed by atoms with Crippen molar-refractivity contribution in [1.82, 2.24) is 20.0 Å². The van der Waals surface area contributed by atoms with Crippen molar-refractivity contribution in [3.8, 4) is 0 Å². The van der Waals surface area contributed by atoms with Crippen LogP contribution in [0.2, 0.25) is 0 Å². The number of anilines is 2. The van der Waals surface area contributed by atoms with E-state index in [0.29, 0.717) is 6.04 Å². The van der Waals surface area contributed by atoms with E-state index >= 15 is 0 Å². The van der Waals surface area contributed by atoms with Crippen molar-refractivity contribution in [2.45, 2.75) is 32.2 Å². The number of aryl methyl sites for hydroxylation is 1. The number of amides is 1. The van der Waals surface area contributed by atoms with Crippen LogP contribution in [0.1, 0.15) is 33.1 Å². The molecule has 4 rings (SSSR count). The summed E-state index contributed by atoms with van der Waals surface area (Å²) in [6, 6.07) is 6.62. The fourth-order valence-corrected chi connectivity index (χ4v) is 4.90. The molecule has 1 saturated heterocycles. The molecule has 0 spiro atoms. The smallest absolute Gasteiger partial charge is 0.264 e. The summed E-state index contributed by atoms with van der Waals surface area (Å²) in [7, 11) is 4.24. The van der Waals surface area contributed by atoms with E-state index in [-0.39, 0.29) is 5.91 Å². The molecule has 2 aromatic rings. The maximum atomic E-state index is 12.9. The normalized spacial score (nSPS) is 17.8. The Morgan fingerprint density at radius 1 is 1.19 bits per heavy atom. The lowest BCUT2D eigenvalue weighted by Crippen LogP contribution is -2.44. The molecule has 26 heavy (non-hydrogen) atoms. The van der Waals surface area contributed by atoms with Crippen molar-refractivity contribution in [2.24, 2.45) is 0 Å². The van der Waals surface area contributed by atoms with E-state index in [9.17, 15) is 4.79 Å². The SMILES string of the molecule is Cc1ccc(N2CCc3sc(C(=O)N4CCC(N(C)C)CC4)cc32)nn1. The minimum atomic E-state index is 0.177. The molecule has 7 heteroatoms. The summed E-state index contributed by atoms with van der Waals surface area (Å²) in [4.78, 5) is 21.5. The van der Waals surface area contributed by atoms with Crippen LogP contribution in [0, 0.1) is 6.92 Å². The van der Waals surface area contributed by atoms with Crippen LogP contribution < -0.4 is 4.90 Å². The first-order valence-corrected chi connectivity index (χ1v) is 10.0. The summed E-state index contributed by atoms with van der Waals surface area (Å²) < 4.78 is 0. The number of aromatic nitrogens is 2. The third kappa shape index (κ3) is 3.21. The van der Waals surface area contributed by atoms with Crippen molar-refractivity contribution in [2.75, 3.05) is 38.6 Å². The fourth-order valence-electron chi connectivity index (χ4n) is 3.78. The quantitative estimate of drug-likeness (QED) is 0.830. The molecule has 0 N–H and O–H groups in total. The first-order chi connectivity index (χ1) is 12.5. The van der Waals surface area contributed by atoms with Crippen molar-refractivity contribution in [3.63, 3.8) is 0 Å². The number of likely N-dealkylation sites (tertiary alicyclic amines) is 1. The summed E-state index contributed by atoms with van der Waals surface area (Å²) in [5.41, 5.74) is 2.04. The van der Waals surface area contributed by atoms with E-state index in [1.807, 2.05) is 24.0 Å². The first kappa shape index (κ1) is 17.4. The van der Waals surface area contributed by atoms with E-state index in [2.05, 4.69) is 40.2 Å². The monoisotopic (exact) mass is 371 g/mol. The van der Waals surface area contributed by atoms with Gasteiger partial charge < -0.3 is 14.7 Å². The summed E-state index contributed by atoms with van der Waals surface area (Å²) in [6.45, 7) is 4.53. The lowest BCUT2D eigenvalue weighted by molar-refractivity contribution is 0.0668. The van der Waals surface area contributed by atoms with Gasteiger partial charge in [0.15, 0.2) is 5.82 Å². The van der Waals surface area contributed by atoms with Gasteiger partial charge in [-0.15, -0.1) is 16.4 Å². The molecule has 0 unspecified atom stereocenters. The van der Waals surface area contributed by atoms with Crippen LogP contribution >= 0.6 is 11.3 Å². The number of nitrogens with zero attached hydrogens (tertiary/aromatic N) is 5. The van der Waals surface area contributed by atoms with Crippen LogP contribution in [0.25, 0.3) is 0 Å². The van der Waals surface area contributed by atoms with Gasteiger partial charge in [0.05, 0.1) is 16.3 Å². The maximum absolute atomic E-state index is 12.9. The van der Waals surface area contributed by atoms with E-state index in [1.165, 1.54) is 4.88 Å². The van der Waals surface area contributed by atoms with E-state index in [1.54, 1.807) is 11.3 Å². The van der Waals surface area contributed by atoms with E-state index in [0.717, 1.165) is 61.0 Å². The zero-order chi connectivity index (χ0) is 18.3. The fraction of sp³-hybridized carbons (Fsp3) is 0.526. The highest BCUT2D eigenvalue weighted by Crippen LogP contribution is 2.39. The molecule has 0 radical (unpaired) electrons. The second-order valence-electron chi connectivity index (χ2n) is 7.34. The Morgan fingerprint density at radius 2 is 1.96 bits per heavy atom. The van der Waals surface area contributed by atoms with Crippen molar-refractivity contribution >= 4 is 28.7 Å². The lowest BCUT2D eigenvalue weighted by Gasteiger charge is -2.35. The molecular weight excluding hydrogens is 346 g/mol. The molecule has 138 valence electrons. The molecule has 1 fully saturated rings. The minimum absolute atomic E-state index is 0.177. The molecule has 2 aromatic heterocycles. The predicted molar refractivity (Wildman–Crippen MR) is 104 cm³/mol. The maximum Gasteiger partial charge on any atom is 0.264 e. The van der Waals surface area contributed by atoms with Gasteiger partial charge in [-0.3, -0.25) is 4.79 Å². The Balaban J connectivity index is 1.49. The molecule has 6 nitrogen and oxygen atoms in total. The average molecular weight is 372 g/mol. The third-order valence-corrected chi connectivity index (χ3v) is 6.57. The van der Waals surface area contributed by atoms with Crippen LogP contribution in [0.3, 0.4) is 0 Å². The molecule has 0 aliphatic carbocycles. The molecular formula is C19H25N5OS. The van der Waals surface area contributed by atoms with Gasteiger partial charge in [0.1, 0.15) is 0 Å². The number of hydrogen-bond acceptors (Lipinski definition) is 6. The number of rotatable bonds is 3. The van der Waals surface area contributed by atoms with Gasteiger partial charge in [0, 0.05) is 37.0 Å². The molecule has 0 atom stereocenters. The molecule has 0 aromatic carbocycles. The minimum Gasteiger partial charge on any atom is -0.338 e. The van der Waals surface area contributed by atoms with Crippen LogP contribution in [0.5, 0.6) is 0 Å². The van der Waals surface area contributed by atoms with Crippen LogP contribution in [0.4, 0.5) is 11.5 Å². The zero-order valence-corrected chi connectivity index (χ0v) is 16.4. The van der Waals surface area contributed by atoms with Crippen LogP contribution in [0.15, 0.2) is 18.2 Å². The number of fused-ring (bicyclic) bond motifs is 1. The van der Waals surface area contributed by atoms with Gasteiger partial charge in [0.2, 0.25) is 0 Å². The largest absolute Gasteiger partial charge is 0.338 e. The Bertz CT molecular complexity index is 793. The Labute approximate surface area is 158 Å². The Kier molecular flexibility index (Phi) is 4.67. The second-order valence-corrected chi connectivity index (χ2v) is 8.48. The van der Waals surface area contributed by atoms with E-state index < -0.39 is 0 Å². The molecule has 0 bridgehead atoms. The molecule has 1 amide bonds. The van der Waals surface area contributed by atoms with Crippen molar-refractivity contribution in [1.29, 1.82) is 0 Å². The van der Waals surface area contributed by atoms with Crippen molar-refractivity contribution in [3.05, 3.63) is 33.6 Å². The summed E-state index contributed by atoms with van der Waals surface area (Å²) in [6.07, 6.45) is 3.06. The Morgan fingerprint density at radius 3 is 2.62 bits per heavy atom. The molecule has 4 heterocycles. The van der Waals surface area contributed by atoms with Crippen LogP contribution in [-0.2, 0) is 6.42 Å². The van der Waals surface area contributed by atoms with Gasteiger partial charge in [-0.05, 0) is 52.1 Å². The van der Waals surface area contributed by atoms with E-state index in [4.69, 9.17) is 0 Å². The van der Waals surface area contributed by atoms with Gasteiger partial charge in [-0.2, -0.15) is 5.10 Å². The highest BCUT2D eigenvalue weighted by molar-refractivity contribution is 7.14. The summed E-state index contributed by atoms with van der Waals surface area (Å²) in [5.74, 6) is 1.04. The van der Waals surface area contributed by atoms with Crippen molar-refractivity contribution < 1.29 is 4.79 Å². The summed E-state index contributed by atoms with van der Waals surface area (Å²) in [5, 5.41) is 8.47. The number of carbonyl (C=O) groups is 1. The van der Waals surface area contributed by atoms with Gasteiger partial charge in [-0.1, -0.05) is 0 Å². The predicted octanol–water partition coefficient (Wildman–Crippen LogP) is 2.71. The average Bonchev–Trinajstić information content (AvgIpc) is 3.23. The zero-order valence-electron chi connectivity index (χ0n) is 15.6. The highest BCUT2D eigenvalue weighted by Gasteiger charge is 2.30. The summed E-state index contributed by atoms with van der Waals surface area (Å²) >= 11 is 1.64. The first-order valence-electron chi connectivity index (χ1n) is 9.19. The number of thiophene rings is 1. The molecule has 2 aliphatic heterocycles. The van der Waals surface area contributed by atoms with Gasteiger partial charge in [0.25, 0.3) is 5.91 Å². The second kappa shape index (κ2) is 6.96. The molecule has 2 aliphatic rings. The number of hydrogen-bond donors (Lipinski definition) is 0. The van der Waals surface area contributed by atoms with Crippen LogP contribution in [-0.4, -0.2) is 65.7 Å². The number of piperidine rings is 1. The lowest BCUT2D eigenvalue weighted by atomic mass is 10.0. The number of carbonyl (C=O) groups excluding carboxylic acids is 1. The molecule has 0 saturated carbocycles. The Hall–Kier alpha value is -1.99. The highest BCUT2D eigenvalue weighted by atomic mass is 32.1. The standard InChI is InChI=1S/C19H25N5OS/c1-13-4-5-18(21-20-13)24-11-8-16-15(24)12-17(26-16)19(25)23-9-6-14(7-10-23)22(2)3/h4-5,12,14H,6-11H2,1-3H3. The van der Waals surface area contributed by atoms with Gasteiger partial charge in [-0.25, -0.2) is 0 Å².